The number of hydrogen-bond donors (Lipinski definition) is 2. The van der Waals surface area contributed by atoms with Gasteiger partial charge in [0, 0.05) is 21.8 Å². The average molecular weight is 277 g/mol. The second kappa shape index (κ2) is 5.67. The molecular formula is C13H13ClN4O. The van der Waals surface area contributed by atoms with E-state index in [0.717, 1.165) is 11.3 Å². The number of H-pyrrole nitrogens is 1. The fourth-order valence-corrected chi connectivity index (χ4v) is 1.63. The minimum atomic E-state index is -0.272. The van der Waals surface area contributed by atoms with E-state index < -0.39 is 0 Å². The molecular weight excluding hydrogens is 264 g/mol. The minimum Gasteiger partial charge on any atom is -0.328 e. The van der Waals surface area contributed by atoms with Crippen molar-refractivity contribution in [3.63, 3.8) is 0 Å². The molecule has 0 aliphatic heterocycles. The first-order valence-corrected chi connectivity index (χ1v) is 6.07. The molecule has 0 unspecified atom stereocenters. The van der Waals surface area contributed by atoms with Gasteiger partial charge in [-0.05, 0) is 19.9 Å². The van der Waals surface area contributed by atoms with Crippen molar-refractivity contribution in [1.82, 2.24) is 9.97 Å². The molecule has 98 valence electrons. The van der Waals surface area contributed by atoms with Gasteiger partial charge in [0.15, 0.2) is 0 Å². The maximum atomic E-state index is 11.5. The number of hydrazone groups is 1. The Kier molecular flexibility index (Phi) is 3.97. The Morgan fingerprint density at radius 3 is 2.79 bits per heavy atom. The first kappa shape index (κ1) is 13.3. The third kappa shape index (κ3) is 3.20. The van der Waals surface area contributed by atoms with Crippen molar-refractivity contribution < 1.29 is 0 Å². The van der Waals surface area contributed by atoms with E-state index in [4.69, 9.17) is 11.6 Å². The van der Waals surface area contributed by atoms with Gasteiger partial charge in [-0.15, -0.1) is 0 Å². The number of nitrogens with zero attached hydrogens (tertiary/aromatic N) is 2. The number of anilines is 1. The van der Waals surface area contributed by atoms with Crippen LogP contribution in [0.3, 0.4) is 0 Å². The molecule has 1 heterocycles. The highest BCUT2D eigenvalue weighted by Gasteiger charge is 2.02. The molecule has 1 aromatic carbocycles. The predicted molar refractivity (Wildman–Crippen MR) is 77.0 cm³/mol. The van der Waals surface area contributed by atoms with Crippen LogP contribution in [0.1, 0.15) is 16.8 Å². The van der Waals surface area contributed by atoms with Gasteiger partial charge in [-0.2, -0.15) is 10.1 Å². The van der Waals surface area contributed by atoms with Crippen molar-refractivity contribution in [3.8, 4) is 0 Å². The molecule has 2 rings (SSSR count). The maximum absolute atomic E-state index is 11.5. The number of aromatic amines is 1. The van der Waals surface area contributed by atoms with Gasteiger partial charge in [0.25, 0.3) is 5.56 Å². The Morgan fingerprint density at radius 1 is 1.37 bits per heavy atom. The van der Waals surface area contributed by atoms with Crippen LogP contribution in [0, 0.1) is 13.8 Å². The van der Waals surface area contributed by atoms with Crippen molar-refractivity contribution in [3.05, 3.63) is 56.5 Å². The van der Waals surface area contributed by atoms with E-state index in [1.807, 2.05) is 18.2 Å². The first-order valence-electron chi connectivity index (χ1n) is 5.69. The van der Waals surface area contributed by atoms with Crippen LogP contribution in [0.25, 0.3) is 0 Å². The molecule has 0 atom stereocenters. The van der Waals surface area contributed by atoms with Crippen molar-refractivity contribution in [1.29, 1.82) is 0 Å². The van der Waals surface area contributed by atoms with E-state index in [0.29, 0.717) is 16.5 Å². The van der Waals surface area contributed by atoms with Gasteiger partial charge in [0.2, 0.25) is 5.95 Å². The Hall–Kier alpha value is -2.14. The fourth-order valence-electron chi connectivity index (χ4n) is 1.44. The summed E-state index contributed by atoms with van der Waals surface area (Å²) in [5, 5.41) is 4.60. The summed E-state index contributed by atoms with van der Waals surface area (Å²) in [5.41, 5.74) is 4.54. The first-order chi connectivity index (χ1) is 9.08. The Balaban J connectivity index is 2.15. The zero-order valence-corrected chi connectivity index (χ0v) is 11.3. The summed E-state index contributed by atoms with van der Waals surface area (Å²) in [7, 11) is 0. The molecule has 19 heavy (non-hydrogen) atoms. The molecule has 1 aromatic heterocycles. The second-order valence-electron chi connectivity index (χ2n) is 4.03. The van der Waals surface area contributed by atoms with Crippen LogP contribution >= 0.6 is 11.6 Å². The van der Waals surface area contributed by atoms with Crippen LogP contribution in [-0.4, -0.2) is 16.2 Å². The molecule has 5 nitrogen and oxygen atoms in total. The molecule has 6 heteroatoms. The molecule has 0 aliphatic rings. The highest BCUT2D eigenvalue weighted by molar-refractivity contribution is 6.33. The predicted octanol–water partition coefficient (Wildman–Crippen LogP) is 2.49. The highest BCUT2D eigenvalue weighted by atomic mass is 35.5. The van der Waals surface area contributed by atoms with Gasteiger partial charge in [-0.3, -0.25) is 4.79 Å². The van der Waals surface area contributed by atoms with Gasteiger partial charge < -0.3 is 4.98 Å². The van der Waals surface area contributed by atoms with Gasteiger partial charge >= 0.3 is 0 Å². The molecule has 0 bridgehead atoms. The molecule has 0 spiro atoms. The van der Waals surface area contributed by atoms with Crippen LogP contribution < -0.4 is 11.0 Å². The van der Waals surface area contributed by atoms with Crippen LogP contribution in [0.15, 0.2) is 34.2 Å². The molecule has 0 fully saturated rings. The zero-order valence-electron chi connectivity index (χ0n) is 10.6. The number of aromatic nitrogens is 2. The molecule has 2 aromatic rings. The Bertz CT molecular complexity index is 679. The van der Waals surface area contributed by atoms with E-state index in [1.165, 1.54) is 0 Å². The lowest BCUT2D eigenvalue weighted by molar-refractivity contribution is 1.01. The van der Waals surface area contributed by atoms with E-state index in [2.05, 4.69) is 20.5 Å². The Labute approximate surface area is 115 Å². The summed E-state index contributed by atoms with van der Waals surface area (Å²) < 4.78 is 0. The molecule has 0 saturated heterocycles. The molecule has 0 amide bonds. The van der Waals surface area contributed by atoms with Crippen molar-refractivity contribution >= 4 is 23.8 Å². The zero-order chi connectivity index (χ0) is 13.8. The number of nitrogens with one attached hydrogen (secondary N) is 2. The smallest absolute Gasteiger partial charge is 0.277 e. The van der Waals surface area contributed by atoms with Gasteiger partial charge in [-0.25, -0.2) is 5.43 Å². The number of rotatable bonds is 3. The third-order valence-corrected chi connectivity index (χ3v) is 3.03. The lowest BCUT2D eigenvalue weighted by atomic mass is 10.2. The van der Waals surface area contributed by atoms with Crippen LogP contribution in [0.2, 0.25) is 5.02 Å². The standard InChI is InChI=1S/C13H13ClN4O/c1-8-9(2)16-13(17-12(8)19)18-15-7-10-5-3-4-6-11(10)14/h3-7H,1-2H3,(H2,16,17,18,19)/b15-7+. The SMILES string of the molecule is Cc1[nH]c(N/N=C/c2ccccc2Cl)nc(=O)c1C. The third-order valence-electron chi connectivity index (χ3n) is 2.68. The van der Waals surface area contributed by atoms with Gasteiger partial charge in [0.05, 0.1) is 6.21 Å². The number of benzene rings is 1. The number of hydrogen-bond acceptors (Lipinski definition) is 4. The summed E-state index contributed by atoms with van der Waals surface area (Å²) in [4.78, 5) is 18.3. The monoisotopic (exact) mass is 276 g/mol. The van der Waals surface area contributed by atoms with Crippen molar-refractivity contribution in [2.75, 3.05) is 5.43 Å². The molecule has 0 aliphatic carbocycles. The maximum Gasteiger partial charge on any atom is 0.277 e. The van der Waals surface area contributed by atoms with E-state index in [-0.39, 0.29) is 5.56 Å². The van der Waals surface area contributed by atoms with Crippen molar-refractivity contribution in [2.24, 2.45) is 5.10 Å². The average Bonchev–Trinajstić information content (AvgIpc) is 2.38. The molecule has 0 saturated carbocycles. The summed E-state index contributed by atoms with van der Waals surface area (Å²) in [6.07, 6.45) is 1.57. The van der Waals surface area contributed by atoms with Crippen molar-refractivity contribution in [2.45, 2.75) is 13.8 Å². The molecule has 0 radical (unpaired) electrons. The molecule has 2 N–H and O–H groups in total. The van der Waals surface area contributed by atoms with E-state index in [9.17, 15) is 4.79 Å². The van der Waals surface area contributed by atoms with Crippen LogP contribution in [0.5, 0.6) is 0 Å². The minimum absolute atomic E-state index is 0.272. The lowest BCUT2D eigenvalue weighted by Crippen LogP contribution is -2.15. The largest absolute Gasteiger partial charge is 0.328 e. The summed E-state index contributed by atoms with van der Waals surface area (Å²) in [6, 6.07) is 7.32. The number of aryl methyl sites for hydroxylation is 1. The summed E-state index contributed by atoms with van der Waals surface area (Å²) >= 11 is 5.98. The quantitative estimate of drug-likeness (QED) is 0.668. The summed E-state index contributed by atoms with van der Waals surface area (Å²) in [6.45, 7) is 3.53. The van der Waals surface area contributed by atoms with E-state index in [1.54, 1.807) is 26.1 Å². The Morgan fingerprint density at radius 2 is 2.11 bits per heavy atom. The topological polar surface area (TPSA) is 70.1 Å². The second-order valence-corrected chi connectivity index (χ2v) is 4.44. The highest BCUT2D eigenvalue weighted by Crippen LogP contribution is 2.12. The number of halogens is 1. The van der Waals surface area contributed by atoms with Gasteiger partial charge in [-0.1, -0.05) is 29.8 Å². The fraction of sp³-hybridized carbons (Fsp3) is 0.154. The normalized spacial score (nSPS) is 10.9. The van der Waals surface area contributed by atoms with Crippen LogP contribution in [0.4, 0.5) is 5.95 Å². The van der Waals surface area contributed by atoms with E-state index >= 15 is 0 Å². The lowest BCUT2D eigenvalue weighted by Gasteiger charge is -2.03. The van der Waals surface area contributed by atoms with Gasteiger partial charge in [0.1, 0.15) is 0 Å². The van der Waals surface area contributed by atoms with Crippen LogP contribution in [-0.2, 0) is 0 Å². The summed E-state index contributed by atoms with van der Waals surface area (Å²) in [5.74, 6) is 0.302.